The van der Waals surface area contributed by atoms with Gasteiger partial charge >= 0.3 is 0 Å². The Bertz CT molecular complexity index is 670. The number of aromatic nitrogens is 2. The van der Waals surface area contributed by atoms with E-state index in [-0.39, 0.29) is 0 Å². The topological polar surface area (TPSA) is 77.6 Å². The maximum Gasteiger partial charge on any atom is 0.191 e. The van der Waals surface area contributed by atoms with Gasteiger partial charge in [-0.15, -0.1) is 0 Å². The highest BCUT2D eigenvalue weighted by Crippen LogP contribution is 2.16. The van der Waals surface area contributed by atoms with Crippen LogP contribution >= 0.6 is 0 Å². The molecule has 1 aromatic carbocycles. The van der Waals surface area contributed by atoms with Gasteiger partial charge in [-0.25, -0.2) is 9.98 Å². The van der Waals surface area contributed by atoms with E-state index in [2.05, 4.69) is 56.6 Å². The lowest BCUT2D eigenvalue weighted by Crippen LogP contribution is -2.41. The number of hydrogen-bond acceptors (Lipinski definition) is 4. The van der Waals surface area contributed by atoms with Crippen LogP contribution in [0.1, 0.15) is 19.2 Å². The van der Waals surface area contributed by atoms with E-state index in [1.165, 1.54) is 0 Å². The molecule has 7 heteroatoms. The van der Waals surface area contributed by atoms with E-state index in [0.29, 0.717) is 6.54 Å². The van der Waals surface area contributed by atoms with Crippen molar-refractivity contribution in [3.63, 3.8) is 0 Å². The predicted octanol–water partition coefficient (Wildman–Crippen LogP) is 2.10. The van der Waals surface area contributed by atoms with Crippen LogP contribution in [-0.4, -0.2) is 67.8 Å². The van der Waals surface area contributed by atoms with Gasteiger partial charge in [-0.1, -0.05) is 30.3 Å². The highest BCUT2D eigenvalue weighted by atomic mass is 16.5. The molecule has 0 bridgehead atoms. The first-order valence-electron chi connectivity index (χ1n) is 9.52. The quantitative estimate of drug-likeness (QED) is 0.320. The third-order valence-corrected chi connectivity index (χ3v) is 4.12. The van der Waals surface area contributed by atoms with Gasteiger partial charge in [-0.05, 0) is 26.0 Å². The average molecular weight is 373 g/mol. The summed E-state index contributed by atoms with van der Waals surface area (Å²) in [7, 11) is 3.86. The molecule has 0 fully saturated rings. The molecule has 1 aromatic heterocycles. The van der Waals surface area contributed by atoms with Crippen LogP contribution in [0.2, 0.25) is 0 Å². The van der Waals surface area contributed by atoms with Gasteiger partial charge in [-0.2, -0.15) is 0 Å². The number of hydrogen-bond donors (Lipinski definition) is 3. The number of ether oxygens (including phenoxy) is 1. The Hall–Kier alpha value is -2.38. The van der Waals surface area contributed by atoms with Crippen LogP contribution in [0.25, 0.3) is 11.3 Å². The maximum atomic E-state index is 5.09. The second-order valence-corrected chi connectivity index (χ2v) is 6.38. The molecule has 2 rings (SSSR count). The van der Waals surface area contributed by atoms with Gasteiger partial charge in [0.2, 0.25) is 0 Å². The third kappa shape index (κ3) is 7.80. The molecule has 0 saturated carbocycles. The van der Waals surface area contributed by atoms with Crippen molar-refractivity contribution in [2.24, 2.45) is 4.99 Å². The Balaban J connectivity index is 1.82. The number of guanidine groups is 1. The van der Waals surface area contributed by atoms with E-state index in [0.717, 1.165) is 62.2 Å². The summed E-state index contributed by atoms with van der Waals surface area (Å²) in [5, 5.41) is 6.65. The molecule has 0 atom stereocenters. The minimum atomic E-state index is 0.506. The van der Waals surface area contributed by atoms with Crippen LogP contribution in [0.4, 0.5) is 0 Å². The number of rotatable bonds is 11. The third-order valence-electron chi connectivity index (χ3n) is 4.12. The van der Waals surface area contributed by atoms with Crippen LogP contribution < -0.4 is 10.6 Å². The van der Waals surface area contributed by atoms with Crippen LogP contribution in [-0.2, 0) is 11.3 Å². The number of aliphatic imine (C=N–C) groups is 1. The summed E-state index contributed by atoms with van der Waals surface area (Å²) >= 11 is 0. The van der Waals surface area contributed by atoms with Gasteiger partial charge in [0.05, 0.1) is 11.9 Å². The lowest BCUT2D eigenvalue weighted by molar-refractivity contribution is 0.180. The van der Waals surface area contributed by atoms with Gasteiger partial charge in [-0.3, -0.25) is 0 Å². The van der Waals surface area contributed by atoms with Crippen molar-refractivity contribution in [3.05, 3.63) is 42.4 Å². The van der Waals surface area contributed by atoms with Crippen molar-refractivity contribution >= 4 is 5.96 Å². The Kier molecular flexibility index (Phi) is 9.37. The number of nitrogens with one attached hydrogen (secondary N) is 3. The number of likely N-dealkylation sites (N-methyl/N-ethyl adjacent to an activating group) is 1. The molecule has 0 saturated heterocycles. The molecule has 0 unspecified atom stereocenters. The molecule has 3 N–H and O–H groups in total. The molecule has 27 heavy (non-hydrogen) atoms. The highest BCUT2D eigenvalue weighted by molar-refractivity contribution is 5.79. The van der Waals surface area contributed by atoms with E-state index in [9.17, 15) is 0 Å². The SMILES string of the molecule is CCNC(=NCc1ncc(-c2ccccc2)[nH]1)NCCN(C)CCCOC. The summed E-state index contributed by atoms with van der Waals surface area (Å²) in [4.78, 5) is 14.7. The molecule has 0 aliphatic rings. The first-order chi connectivity index (χ1) is 13.2. The van der Waals surface area contributed by atoms with Gasteiger partial charge < -0.3 is 25.3 Å². The number of aromatic amines is 1. The van der Waals surface area contributed by atoms with Crippen LogP contribution in [0, 0.1) is 0 Å². The first kappa shape index (κ1) is 20.9. The van der Waals surface area contributed by atoms with Crippen molar-refractivity contribution in [2.45, 2.75) is 19.9 Å². The average Bonchev–Trinajstić information content (AvgIpc) is 3.16. The summed E-state index contributed by atoms with van der Waals surface area (Å²) in [6.07, 6.45) is 2.90. The fraction of sp³-hybridized carbons (Fsp3) is 0.500. The molecule has 0 aliphatic carbocycles. The van der Waals surface area contributed by atoms with Crippen LogP contribution in [0.5, 0.6) is 0 Å². The molecule has 0 radical (unpaired) electrons. The smallest absolute Gasteiger partial charge is 0.191 e. The Morgan fingerprint density at radius 3 is 2.78 bits per heavy atom. The van der Waals surface area contributed by atoms with E-state index in [4.69, 9.17) is 4.74 Å². The Labute approximate surface area is 162 Å². The summed E-state index contributed by atoms with van der Waals surface area (Å²) in [6, 6.07) is 10.2. The van der Waals surface area contributed by atoms with Crippen molar-refractivity contribution in [1.82, 2.24) is 25.5 Å². The Morgan fingerprint density at radius 2 is 2.04 bits per heavy atom. The first-order valence-corrected chi connectivity index (χ1v) is 9.52. The maximum absolute atomic E-state index is 5.09. The molecular weight excluding hydrogens is 340 g/mol. The second-order valence-electron chi connectivity index (χ2n) is 6.38. The molecular formula is C20H32N6O. The number of benzene rings is 1. The summed E-state index contributed by atoms with van der Waals surface area (Å²) < 4.78 is 5.09. The number of H-pyrrole nitrogens is 1. The number of imidazole rings is 1. The molecule has 0 spiro atoms. The standard InChI is InChI=1S/C20H32N6O/c1-4-21-20(22-11-13-26(2)12-8-14-27-3)24-16-19-23-15-18(25-19)17-9-6-5-7-10-17/h5-7,9-10,15H,4,8,11-14,16H2,1-3H3,(H,23,25)(H2,21,22,24). The van der Waals surface area contributed by atoms with Crippen LogP contribution in [0.15, 0.2) is 41.5 Å². The molecule has 148 valence electrons. The molecule has 0 amide bonds. The predicted molar refractivity (Wildman–Crippen MR) is 111 cm³/mol. The highest BCUT2D eigenvalue weighted by Gasteiger charge is 2.04. The van der Waals surface area contributed by atoms with Gasteiger partial charge in [0, 0.05) is 39.9 Å². The fourth-order valence-corrected chi connectivity index (χ4v) is 2.66. The second kappa shape index (κ2) is 12.1. The van der Waals surface area contributed by atoms with E-state index < -0.39 is 0 Å². The van der Waals surface area contributed by atoms with Gasteiger partial charge in [0.15, 0.2) is 5.96 Å². The molecule has 2 aromatic rings. The fourth-order valence-electron chi connectivity index (χ4n) is 2.66. The van der Waals surface area contributed by atoms with Crippen LogP contribution in [0.3, 0.4) is 0 Å². The summed E-state index contributed by atoms with van der Waals surface area (Å²) in [5.41, 5.74) is 2.14. The monoisotopic (exact) mass is 372 g/mol. The Morgan fingerprint density at radius 1 is 1.22 bits per heavy atom. The number of methoxy groups -OCH3 is 1. The zero-order valence-corrected chi connectivity index (χ0v) is 16.7. The largest absolute Gasteiger partial charge is 0.385 e. The van der Waals surface area contributed by atoms with Crippen molar-refractivity contribution in [3.8, 4) is 11.3 Å². The molecule has 7 nitrogen and oxygen atoms in total. The lowest BCUT2D eigenvalue weighted by atomic mass is 10.2. The zero-order chi connectivity index (χ0) is 19.3. The van der Waals surface area contributed by atoms with Gasteiger partial charge in [0.1, 0.15) is 12.4 Å². The minimum Gasteiger partial charge on any atom is -0.385 e. The summed E-state index contributed by atoms with van der Waals surface area (Å²) in [6.45, 7) is 7.01. The van der Waals surface area contributed by atoms with Crippen molar-refractivity contribution in [1.29, 1.82) is 0 Å². The number of nitrogens with zero attached hydrogens (tertiary/aromatic N) is 3. The van der Waals surface area contributed by atoms with Gasteiger partial charge in [0.25, 0.3) is 0 Å². The lowest BCUT2D eigenvalue weighted by Gasteiger charge is -2.18. The van der Waals surface area contributed by atoms with E-state index in [1.807, 2.05) is 24.4 Å². The minimum absolute atomic E-state index is 0.506. The molecule has 1 heterocycles. The zero-order valence-electron chi connectivity index (χ0n) is 16.7. The van der Waals surface area contributed by atoms with E-state index in [1.54, 1.807) is 7.11 Å². The van der Waals surface area contributed by atoms with E-state index >= 15 is 0 Å². The molecule has 0 aliphatic heterocycles. The summed E-state index contributed by atoms with van der Waals surface area (Å²) in [5.74, 6) is 1.66. The van der Waals surface area contributed by atoms with Crippen molar-refractivity contribution in [2.75, 3.05) is 46.9 Å². The normalized spacial score (nSPS) is 11.8. The van der Waals surface area contributed by atoms with Crippen molar-refractivity contribution < 1.29 is 4.74 Å².